The van der Waals surface area contributed by atoms with Gasteiger partial charge >= 0.3 is 0 Å². The van der Waals surface area contributed by atoms with Crippen LogP contribution in [0.3, 0.4) is 0 Å². The van der Waals surface area contributed by atoms with E-state index < -0.39 is 11.0 Å². The first-order chi connectivity index (χ1) is 11.4. The normalized spacial score (nSPS) is 27.5. The van der Waals surface area contributed by atoms with Crippen molar-refractivity contribution in [1.82, 2.24) is 5.32 Å². The van der Waals surface area contributed by atoms with Gasteiger partial charge in [0.2, 0.25) is 0 Å². The molecule has 3 rings (SSSR count). The van der Waals surface area contributed by atoms with Gasteiger partial charge in [-0.25, -0.2) is 0 Å². The zero-order valence-corrected chi connectivity index (χ0v) is 14.1. The second-order valence-corrected chi connectivity index (χ2v) is 7.15. The van der Waals surface area contributed by atoms with Gasteiger partial charge in [-0.2, -0.15) is 0 Å². The van der Waals surface area contributed by atoms with Crippen LogP contribution in [0.15, 0.2) is 24.3 Å². The lowest BCUT2D eigenvalue weighted by molar-refractivity contribution is -0.384. The first kappa shape index (κ1) is 16.7. The van der Waals surface area contributed by atoms with Crippen molar-refractivity contribution < 1.29 is 14.5 Å². The number of hydrogen-bond acceptors (Lipinski definition) is 4. The van der Waals surface area contributed by atoms with Crippen molar-refractivity contribution >= 4 is 11.6 Å². The smallest absolute Gasteiger partial charge is 0.269 e. The van der Waals surface area contributed by atoms with E-state index >= 15 is 0 Å². The Bertz CT molecular complexity index is 616. The highest BCUT2D eigenvalue weighted by molar-refractivity contribution is 5.81. The van der Waals surface area contributed by atoms with E-state index in [9.17, 15) is 14.9 Å². The molecule has 24 heavy (non-hydrogen) atoms. The molecule has 1 aromatic rings. The summed E-state index contributed by atoms with van der Waals surface area (Å²) in [6, 6.07) is 5.94. The quantitative estimate of drug-likeness (QED) is 0.640. The molecule has 0 heterocycles. The number of ether oxygens (including phenoxy) is 1. The van der Waals surface area contributed by atoms with E-state index in [4.69, 9.17) is 4.74 Å². The van der Waals surface area contributed by atoms with Gasteiger partial charge in [-0.15, -0.1) is 0 Å². The number of amides is 1. The van der Waals surface area contributed by atoms with Gasteiger partial charge in [0.25, 0.3) is 11.6 Å². The Labute approximate surface area is 141 Å². The minimum atomic E-state index is -0.632. The summed E-state index contributed by atoms with van der Waals surface area (Å²) >= 11 is 0. The fourth-order valence-corrected chi connectivity index (χ4v) is 4.26. The number of nitrogens with zero attached hydrogens (tertiary/aromatic N) is 1. The van der Waals surface area contributed by atoms with E-state index in [1.165, 1.54) is 49.9 Å². The van der Waals surface area contributed by atoms with Crippen molar-refractivity contribution in [2.24, 2.45) is 17.8 Å². The highest BCUT2D eigenvalue weighted by Crippen LogP contribution is 2.49. The molecular formula is C18H24N2O4. The molecule has 2 aliphatic carbocycles. The number of carbonyl (C=O) groups excluding carboxylic acids is 1. The van der Waals surface area contributed by atoms with Crippen molar-refractivity contribution in [2.75, 3.05) is 0 Å². The first-order valence-electron chi connectivity index (χ1n) is 8.65. The highest BCUT2D eigenvalue weighted by Gasteiger charge is 2.42. The Morgan fingerprint density at radius 3 is 2.50 bits per heavy atom. The molecule has 0 aromatic heterocycles. The summed E-state index contributed by atoms with van der Waals surface area (Å²) in [5.41, 5.74) is 0.00404. The lowest BCUT2D eigenvalue weighted by Gasteiger charge is -2.29. The fourth-order valence-electron chi connectivity index (χ4n) is 4.26. The van der Waals surface area contributed by atoms with Crippen LogP contribution in [-0.2, 0) is 4.79 Å². The van der Waals surface area contributed by atoms with E-state index in [-0.39, 0.29) is 17.6 Å². The molecule has 2 saturated carbocycles. The van der Waals surface area contributed by atoms with Crippen LogP contribution in [0.4, 0.5) is 5.69 Å². The Morgan fingerprint density at radius 2 is 1.96 bits per heavy atom. The van der Waals surface area contributed by atoms with Crippen LogP contribution < -0.4 is 10.1 Å². The van der Waals surface area contributed by atoms with Crippen LogP contribution in [0, 0.1) is 27.9 Å². The number of non-ortho nitro benzene ring substituents is 1. The predicted octanol–water partition coefficient (Wildman–Crippen LogP) is 3.30. The molecule has 0 saturated heterocycles. The summed E-state index contributed by atoms with van der Waals surface area (Å²) in [6.45, 7) is 3.78. The van der Waals surface area contributed by atoms with Crippen LogP contribution in [0.25, 0.3) is 0 Å². The van der Waals surface area contributed by atoms with Crippen LogP contribution in [0.5, 0.6) is 5.75 Å². The SMILES string of the molecule is C[C@@H](Oc1ccc([N+](=O)[O-])cc1)C(=O)N[C@H](C)[C@H]1C[C@@H]2CC[C@@H]1C2. The average Bonchev–Trinajstić information content (AvgIpc) is 3.18. The molecule has 5 atom stereocenters. The van der Waals surface area contributed by atoms with E-state index in [1.54, 1.807) is 6.92 Å². The summed E-state index contributed by atoms with van der Waals surface area (Å²) in [7, 11) is 0. The minimum absolute atomic E-state index is 0.00404. The molecule has 1 N–H and O–H groups in total. The number of hydrogen-bond donors (Lipinski definition) is 1. The van der Waals surface area contributed by atoms with Gasteiger partial charge < -0.3 is 10.1 Å². The van der Waals surface area contributed by atoms with Gasteiger partial charge in [0, 0.05) is 18.2 Å². The van der Waals surface area contributed by atoms with Gasteiger partial charge in [-0.05, 0) is 63.0 Å². The maximum absolute atomic E-state index is 12.4. The van der Waals surface area contributed by atoms with Gasteiger partial charge in [-0.3, -0.25) is 14.9 Å². The molecule has 130 valence electrons. The Balaban J connectivity index is 1.51. The lowest BCUT2D eigenvalue weighted by Crippen LogP contribution is -2.45. The third-order valence-corrected chi connectivity index (χ3v) is 5.53. The van der Waals surface area contributed by atoms with Crippen molar-refractivity contribution in [3.63, 3.8) is 0 Å². The number of nitrogens with one attached hydrogen (secondary N) is 1. The van der Waals surface area contributed by atoms with Gasteiger partial charge in [0.15, 0.2) is 6.10 Å². The highest BCUT2D eigenvalue weighted by atomic mass is 16.6. The van der Waals surface area contributed by atoms with Crippen LogP contribution >= 0.6 is 0 Å². The molecule has 2 aliphatic rings. The van der Waals surface area contributed by atoms with E-state index in [1.807, 2.05) is 0 Å². The topological polar surface area (TPSA) is 81.5 Å². The monoisotopic (exact) mass is 332 g/mol. The molecule has 2 bridgehead atoms. The number of rotatable bonds is 6. The van der Waals surface area contributed by atoms with Gasteiger partial charge in [0.05, 0.1) is 4.92 Å². The molecule has 6 heteroatoms. The molecule has 0 aliphatic heterocycles. The number of benzene rings is 1. The standard InChI is InChI=1S/C18H24N2O4/c1-11(17-10-13-3-4-14(17)9-13)19-18(21)12(2)24-16-7-5-15(6-8-16)20(22)23/h5-8,11-14,17H,3-4,9-10H2,1-2H3,(H,19,21)/t11-,12-,13-,14-,17-/m1/s1. The number of nitro groups is 1. The summed E-state index contributed by atoms with van der Waals surface area (Å²) in [5.74, 6) is 2.52. The number of nitro benzene ring substituents is 1. The molecule has 0 radical (unpaired) electrons. The van der Waals surface area contributed by atoms with E-state index in [0.717, 1.165) is 11.8 Å². The first-order valence-corrected chi connectivity index (χ1v) is 8.65. The zero-order valence-electron chi connectivity index (χ0n) is 14.1. The molecule has 1 aromatic carbocycles. The lowest BCUT2D eigenvalue weighted by atomic mass is 9.84. The third-order valence-electron chi connectivity index (χ3n) is 5.53. The fraction of sp³-hybridized carbons (Fsp3) is 0.611. The minimum Gasteiger partial charge on any atom is -0.481 e. The van der Waals surface area contributed by atoms with E-state index in [2.05, 4.69) is 12.2 Å². The van der Waals surface area contributed by atoms with E-state index in [0.29, 0.717) is 11.7 Å². The third kappa shape index (κ3) is 3.52. The second kappa shape index (κ2) is 6.79. The Hall–Kier alpha value is -2.11. The molecule has 1 amide bonds. The second-order valence-electron chi connectivity index (χ2n) is 7.15. The molecule has 2 fully saturated rings. The Morgan fingerprint density at radius 1 is 1.25 bits per heavy atom. The summed E-state index contributed by atoms with van der Waals surface area (Å²) in [4.78, 5) is 22.5. The maximum atomic E-state index is 12.4. The molecule has 0 spiro atoms. The van der Waals surface area contributed by atoms with Crippen LogP contribution in [0.2, 0.25) is 0 Å². The molecule has 6 nitrogen and oxygen atoms in total. The summed E-state index contributed by atoms with van der Waals surface area (Å²) < 4.78 is 5.60. The number of fused-ring (bicyclic) bond motifs is 2. The van der Waals surface area contributed by atoms with Gasteiger partial charge in [0.1, 0.15) is 5.75 Å². The maximum Gasteiger partial charge on any atom is 0.269 e. The number of carbonyl (C=O) groups is 1. The average molecular weight is 332 g/mol. The predicted molar refractivity (Wildman–Crippen MR) is 89.7 cm³/mol. The molecule has 0 unspecified atom stereocenters. The zero-order chi connectivity index (χ0) is 17.3. The Kier molecular flexibility index (Phi) is 4.73. The largest absolute Gasteiger partial charge is 0.481 e. The van der Waals surface area contributed by atoms with Crippen molar-refractivity contribution in [2.45, 2.75) is 51.7 Å². The van der Waals surface area contributed by atoms with Gasteiger partial charge in [-0.1, -0.05) is 6.42 Å². The van der Waals surface area contributed by atoms with Crippen LogP contribution in [-0.4, -0.2) is 23.0 Å². The molecular weight excluding hydrogens is 308 g/mol. The van der Waals surface area contributed by atoms with Crippen molar-refractivity contribution in [3.8, 4) is 5.75 Å². The summed E-state index contributed by atoms with van der Waals surface area (Å²) in [6.07, 6.45) is 4.56. The van der Waals surface area contributed by atoms with Crippen LogP contribution in [0.1, 0.15) is 39.5 Å². The van der Waals surface area contributed by atoms with Crippen molar-refractivity contribution in [1.29, 1.82) is 0 Å². The van der Waals surface area contributed by atoms with Crippen molar-refractivity contribution in [3.05, 3.63) is 34.4 Å². The summed E-state index contributed by atoms with van der Waals surface area (Å²) in [5, 5.41) is 13.7.